The Hall–Kier alpha value is -2.97. The van der Waals surface area contributed by atoms with Crippen LogP contribution in [0, 0.1) is 0 Å². The van der Waals surface area contributed by atoms with Crippen LogP contribution in [0.25, 0.3) is 22.3 Å². The van der Waals surface area contributed by atoms with Gasteiger partial charge in [0.15, 0.2) is 5.60 Å². The van der Waals surface area contributed by atoms with Gasteiger partial charge in [-0.05, 0) is 36.6 Å². The molecule has 8 heteroatoms. The van der Waals surface area contributed by atoms with Crippen LogP contribution in [0.15, 0.2) is 29.1 Å². The molecule has 0 bridgehead atoms. The molecule has 0 saturated carbocycles. The molecule has 2 aliphatic heterocycles. The standard InChI is InChI=1S/C25H28N2O5Si/c1-5-25(31)18-11-19-22-15(12-27(19)23(29)17(18)13-32-24(25)30)10-16-20(28)7-6-14(21(16)26-22)8-9-33(2,3)4/h6-7,10-11,28,31H,5,8-9,12-13H2,1-4H3/t25-/m0/s1. The van der Waals surface area contributed by atoms with Crippen molar-refractivity contribution in [1.29, 1.82) is 0 Å². The van der Waals surface area contributed by atoms with Crippen molar-refractivity contribution in [1.82, 2.24) is 9.55 Å². The first-order valence-corrected chi connectivity index (χ1v) is 15.1. The van der Waals surface area contributed by atoms with E-state index >= 15 is 0 Å². The van der Waals surface area contributed by atoms with E-state index in [2.05, 4.69) is 19.6 Å². The zero-order valence-electron chi connectivity index (χ0n) is 19.4. The van der Waals surface area contributed by atoms with Gasteiger partial charge in [-0.2, -0.15) is 0 Å². The molecule has 0 amide bonds. The summed E-state index contributed by atoms with van der Waals surface area (Å²) in [5.41, 5.74) is 2.34. The third-order valence-electron chi connectivity index (χ3n) is 6.88. The molecule has 3 aromatic rings. The van der Waals surface area contributed by atoms with E-state index in [1.807, 2.05) is 12.1 Å². The molecule has 0 saturated heterocycles. The molecule has 4 heterocycles. The van der Waals surface area contributed by atoms with Crippen molar-refractivity contribution >= 4 is 24.9 Å². The molecule has 1 atom stereocenters. The van der Waals surface area contributed by atoms with E-state index in [1.165, 1.54) is 0 Å². The number of fused-ring (bicyclic) bond motifs is 5. The van der Waals surface area contributed by atoms with Crippen molar-refractivity contribution in [2.45, 2.75) is 64.2 Å². The SMILES string of the molecule is CC[C@@]1(O)C(=O)OCc2c1cc1n(c2=O)Cc2cc3c(O)ccc(CC[Si](C)(C)C)c3nc2-1. The number of aromatic hydroxyl groups is 1. The molecular formula is C25H28N2O5Si. The Labute approximate surface area is 192 Å². The van der Waals surface area contributed by atoms with Gasteiger partial charge in [0.1, 0.15) is 12.4 Å². The Morgan fingerprint density at radius 1 is 1.21 bits per heavy atom. The maximum absolute atomic E-state index is 13.3. The van der Waals surface area contributed by atoms with E-state index in [0.29, 0.717) is 34.4 Å². The van der Waals surface area contributed by atoms with Crippen molar-refractivity contribution in [2.24, 2.45) is 0 Å². The van der Waals surface area contributed by atoms with Gasteiger partial charge in [-0.1, -0.05) is 38.7 Å². The minimum atomic E-state index is -1.84. The number of nitrogens with zero attached hydrogens (tertiary/aromatic N) is 2. The highest BCUT2D eigenvalue weighted by atomic mass is 28.3. The van der Waals surface area contributed by atoms with Crippen LogP contribution in [-0.4, -0.2) is 33.8 Å². The fraction of sp³-hybridized carbons (Fsp3) is 0.400. The number of esters is 1. The number of aliphatic hydroxyl groups is 1. The van der Waals surface area contributed by atoms with Crippen LogP contribution in [0.4, 0.5) is 0 Å². The second kappa shape index (κ2) is 7.26. The molecule has 2 N–H and O–H groups in total. The predicted molar refractivity (Wildman–Crippen MR) is 128 cm³/mol. The summed E-state index contributed by atoms with van der Waals surface area (Å²) in [6.07, 6.45) is 0.977. The minimum absolute atomic E-state index is 0.106. The van der Waals surface area contributed by atoms with Crippen LogP contribution in [-0.2, 0) is 34.7 Å². The highest BCUT2D eigenvalue weighted by molar-refractivity contribution is 6.76. The van der Waals surface area contributed by atoms with Crippen molar-refractivity contribution in [3.63, 3.8) is 0 Å². The average Bonchev–Trinajstić information content (AvgIpc) is 3.13. The molecule has 0 spiro atoms. The molecule has 5 rings (SSSR count). The number of benzene rings is 1. The summed E-state index contributed by atoms with van der Waals surface area (Å²) in [5, 5.41) is 22.2. The topological polar surface area (TPSA) is 102 Å². The second-order valence-electron chi connectivity index (χ2n) is 10.3. The van der Waals surface area contributed by atoms with Crippen molar-refractivity contribution in [2.75, 3.05) is 0 Å². The summed E-state index contributed by atoms with van der Waals surface area (Å²) in [5.74, 6) is -0.566. The zero-order chi connectivity index (χ0) is 23.7. The number of phenolic OH excluding ortho intramolecular Hbond substituents is 1. The molecule has 0 radical (unpaired) electrons. The first kappa shape index (κ1) is 21.9. The molecule has 1 aromatic carbocycles. The largest absolute Gasteiger partial charge is 0.507 e. The van der Waals surface area contributed by atoms with E-state index in [-0.39, 0.29) is 24.3 Å². The highest BCUT2D eigenvalue weighted by Gasteiger charge is 2.45. The lowest BCUT2D eigenvalue weighted by molar-refractivity contribution is -0.172. The summed E-state index contributed by atoms with van der Waals surface area (Å²) < 4.78 is 6.74. The number of aromatic nitrogens is 2. The Kier molecular flexibility index (Phi) is 4.81. The van der Waals surface area contributed by atoms with Crippen LogP contribution in [0.1, 0.15) is 35.6 Å². The van der Waals surface area contributed by atoms with Crippen LogP contribution in [0.3, 0.4) is 0 Å². The van der Waals surface area contributed by atoms with Crippen molar-refractivity contribution < 1.29 is 19.7 Å². The van der Waals surface area contributed by atoms with Crippen molar-refractivity contribution in [3.05, 3.63) is 56.9 Å². The summed E-state index contributed by atoms with van der Waals surface area (Å²) in [6, 6.07) is 8.37. The number of ether oxygens (including phenoxy) is 1. The maximum atomic E-state index is 13.3. The molecule has 2 aromatic heterocycles. The van der Waals surface area contributed by atoms with Gasteiger partial charge in [0.05, 0.1) is 29.0 Å². The Bertz CT molecular complexity index is 1390. The lowest BCUT2D eigenvalue weighted by Gasteiger charge is -2.31. The van der Waals surface area contributed by atoms with Gasteiger partial charge in [-0.15, -0.1) is 0 Å². The molecule has 0 fully saturated rings. The van der Waals surface area contributed by atoms with E-state index in [9.17, 15) is 19.8 Å². The third-order valence-corrected chi connectivity index (χ3v) is 8.63. The van der Waals surface area contributed by atoms with Gasteiger partial charge in [0, 0.05) is 24.6 Å². The Morgan fingerprint density at radius 3 is 2.67 bits per heavy atom. The van der Waals surface area contributed by atoms with Crippen molar-refractivity contribution in [3.8, 4) is 17.1 Å². The van der Waals surface area contributed by atoms with E-state index in [0.717, 1.165) is 29.1 Å². The number of hydrogen-bond donors (Lipinski definition) is 2. The quantitative estimate of drug-likeness (QED) is 0.353. The van der Waals surface area contributed by atoms with E-state index < -0.39 is 19.6 Å². The maximum Gasteiger partial charge on any atom is 0.343 e. The normalized spacial score (nSPS) is 19.2. The van der Waals surface area contributed by atoms with Gasteiger partial charge in [-0.3, -0.25) is 4.79 Å². The highest BCUT2D eigenvalue weighted by Crippen LogP contribution is 2.40. The van der Waals surface area contributed by atoms with E-state index in [4.69, 9.17) is 9.72 Å². The van der Waals surface area contributed by atoms with Gasteiger partial charge in [0.2, 0.25) is 0 Å². The monoisotopic (exact) mass is 464 g/mol. The number of carbonyl (C=O) groups is 1. The van der Waals surface area contributed by atoms with Gasteiger partial charge in [-0.25, -0.2) is 9.78 Å². The molecule has 33 heavy (non-hydrogen) atoms. The minimum Gasteiger partial charge on any atom is -0.507 e. The van der Waals surface area contributed by atoms with E-state index in [1.54, 1.807) is 23.6 Å². The first-order valence-electron chi connectivity index (χ1n) is 11.3. The first-order chi connectivity index (χ1) is 15.5. The summed E-state index contributed by atoms with van der Waals surface area (Å²) >= 11 is 0. The fourth-order valence-electron chi connectivity index (χ4n) is 4.82. The number of rotatable bonds is 4. The summed E-state index contributed by atoms with van der Waals surface area (Å²) in [6.45, 7) is 8.83. The lowest BCUT2D eigenvalue weighted by atomic mass is 9.86. The van der Waals surface area contributed by atoms with Crippen LogP contribution >= 0.6 is 0 Å². The van der Waals surface area contributed by atoms with Gasteiger partial charge >= 0.3 is 5.97 Å². The van der Waals surface area contributed by atoms with Crippen LogP contribution < -0.4 is 5.56 Å². The second-order valence-corrected chi connectivity index (χ2v) is 15.9. The molecule has 172 valence electrons. The lowest BCUT2D eigenvalue weighted by Crippen LogP contribution is -2.44. The smallest absolute Gasteiger partial charge is 0.343 e. The zero-order valence-corrected chi connectivity index (χ0v) is 20.4. The van der Waals surface area contributed by atoms with Crippen LogP contribution in [0.2, 0.25) is 25.7 Å². The van der Waals surface area contributed by atoms with Gasteiger partial charge in [0.25, 0.3) is 5.56 Å². The number of pyridine rings is 2. The number of phenols is 1. The third kappa shape index (κ3) is 3.31. The summed E-state index contributed by atoms with van der Waals surface area (Å²) in [4.78, 5) is 30.6. The number of carbonyl (C=O) groups excluding carboxylic acids is 1. The molecule has 0 aliphatic carbocycles. The molecule has 7 nitrogen and oxygen atoms in total. The molecule has 2 aliphatic rings. The Morgan fingerprint density at radius 2 is 1.97 bits per heavy atom. The number of cyclic esters (lactones) is 1. The average molecular weight is 465 g/mol. The van der Waals surface area contributed by atoms with Gasteiger partial charge < -0.3 is 19.5 Å². The molecule has 0 unspecified atom stereocenters. The Balaban J connectivity index is 1.72. The number of hydrogen-bond acceptors (Lipinski definition) is 6. The fourth-order valence-corrected chi connectivity index (χ4v) is 5.84. The predicted octanol–water partition coefficient (Wildman–Crippen LogP) is 3.67. The molecular weight excluding hydrogens is 436 g/mol. The summed E-state index contributed by atoms with van der Waals surface area (Å²) in [7, 11) is -1.28. The van der Waals surface area contributed by atoms with Crippen LogP contribution in [0.5, 0.6) is 5.75 Å². The number of aryl methyl sites for hydroxylation is 1.